The van der Waals surface area contributed by atoms with Crippen molar-refractivity contribution in [3.05, 3.63) is 29.8 Å². The maximum Gasteiger partial charge on any atom is 0.315 e. The Hall–Kier alpha value is -1.24. The number of rotatable bonds is 7. The fourth-order valence-electron chi connectivity index (χ4n) is 3.06. The number of carbonyl (C=O) groups excluding carboxylic acids is 1. The molecule has 1 aromatic carbocycles. The summed E-state index contributed by atoms with van der Waals surface area (Å²) < 4.78 is 5.44. The molecule has 0 aromatic heterocycles. The molecule has 1 aliphatic heterocycles. The lowest BCUT2D eigenvalue weighted by Crippen LogP contribution is -2.57. The van der Waals surface area contributed by atoms with E-state index in [1.807, 2.05) is 6.92 Å². The normalized spacial score (nSPS) is 19.0. The molecular weight excluding hydrogens is 334 g/mol. The Balaban J connectivity index is 1.85. The van der Waals surface area contributed by atoms with Gasteiger partial charge >= 0.3 is 6.03 Å². The molecular formula is C19H31N3O2S. The van der Waals surface area contributed by atoms with E-state index in [1.54, 1.807) is 11.8 Å². The number of hydrogen-bond donors (Lipinski definition) is 2. The van der Waals surface area contributed by atoms with Gasteiger partial charge in [0.25, 0.3) is 0 Å². The van der Waals surface area contributed by atoms with Crippen molar-refractivity contribution in [2.75, 3.05) is 39.1 Å². The van der Waals surface area contributed by atoms with Crippen molar-refractivity contribution >= 4 is 17.8 Å². The van der Waals surface area contributed by atoms with E-state index in [0.29, 0.717) is 6.54 Å². The molecule has 140 valence electrons. The Morgan fingerprint density at radius 1 is 1.32 bits per heavy atom. The lowest BCUT2D eigenvalue weighted by atomic mass is 9.95. The SMILES string of the molecule is CCC(C)(CNC(=O)NC(C)c1ccc(SC)cc1)N1CCOCC1. The van der Waals surface area contributed by atoms with Gasteiger partial charge in [-0.3, -0.25) is 4.90 Å². The Bertz CT molecular complexity index is 546. The van der Waals surface area contributed by atoms with Crippen molar-refractivity contribution < 1.29 is 9.53 Å². The van der Waals surface area contributed by atoms with E-state index in [-0.39, 0.29) is 17.6 Å². The number of carbonyl (C=O) groups is 1. The van der Waals surface area contributed by atoms with E-state index >= 15 is 0 Å². The van der Waals surface area contributed by atoms with Crippen LogP contribution in [0.25, 0.3) is 0 Å². The van der Waals surface area contributed by atoms with Crippen LogP contribution < -0.4 is 10.6 Å². The van der Waals surface area contributed by atoms with Gasteiger partial charge in [-0.05, 0) is 44.2 Å². The van der Waals surface area contributed by atoms with Gasteiger partial charge < -0.3 is 15.4 Å². The molecule has 0 radical (unpaired) electrons. The molecule has 1 heterocycles. The predicted octanol–water partition coefficient (Wildman–Crippen LogP) is 3.27. The molecule has 1 aliphatic rings. The van der Waals surface area contributed by atoms with Crippen LogP contribution >= 0.6 is 11.8 Å². The van der Waals surface area contributed by atoms with Crippen molar-refractivity contribution in [3.8, 4) is 0 Å². The van der Waals surface area contributed by atoms with Gasteiger partial charge in [-0.2, -0.15) is 0 Å². The molecule has 0 bridgehead atoms. The van der Waals surface area contributed by atoms with E-state index in [0.717, 1.165) is 38.3 Å². The average Bonchev–Trinajstić information content (AvgIpc) is 2.66. The van der Waals surface area contributed by atoms with E-state index in [1.165, 1.54) is 4.90 Å². The summed E-state index contributed by atoms with van der Waals surface area (Å²) in [7, 11) is 0. The number of nitrogens with zero attached hydrogens (tertiary/aromatic N) is 1. The fourth-order valence-corrected chi connectivity index (χ4v) is 3.47. The monoisotopic (exact) mass is 365 g/mol. The highest BCUT2D eigenvalue weighted by molar-refractivity contribution is 7.98. The molecule has 1 fully saturated rings. The third-order valence-corrected chi connectivity index (χ3v) is 5.87. The third kappa shape index (κ3) is 5.62. The molecule has 2 rings (SSSR count). The number of benzene rings is 1. The van der Waals surface area contributed by atoms with E-state index in [4.69, 9.17) is 4.74 Å². The van der Waals surface area contributed by atoms with Gasteiger partial charge in [0.2, 0.25) is 0 Å². The quantitative estimate of drug-likeness (QED) is 0.728. The zero-order valence-electron chi connectivity index (χ0n) is 15.8. The molecule has 0 spiro atoms. The second-order valence-electron chi connectivity index (χ2n) is 6.77. The summed E-state index contributed by atoms with van der Waals surface area (Å²) >= 11 is 1.72. The summed E-state index contributed by atoms with van der Waals surface area (Å²) in [5, 5.41) is 6.09. The van der Waals surface area contributed by atoms with Gasteiger partial charge in [0, 0.05) is 30.1 Å². The van der Waals surface area contributed by atoms with Crippen LogP contribution in [0.1, 0.15) is 38.8 Å². The molecule has 0 saturated carbocycles. The number of urea groups is 1. The van der Waals surface area contributed by atoms with Crippen molar-refractivity contribution in [1.82, 2.24) is 15.5 Å². The Morgan fingerprint density at radius 3 is 2.52 bits per heavy atom. The van der Waals surface area contributed by atoms with Crippen LogP contribution in [0, 0.1) is 0 Å². The summed E-state index contributed by atoms with van der Waals surface area (Å²) in [6.45, 7) is 10.4. The van der Waals surface area contributed by atoms with Crippen LogP contribution in [-0.4, -0.2) is 55.6 Å². The highest BCUT2D eigenvalue weighted by Crippen LogP contribution is 2.21. The molecule has 2 unspecified atom stereocenters. The number of ether oxygens (including phenoxy) is 1. The van der Waals surface area contributed by atoms with Crippen LogP contribution in [0.4, 0.5) is 4.79 Å². The van der Waals surface area contributed by atoms with Crippen LogP contribution in [0.5, 0.6) is 0 Å². The van der Waals surface area contributed by atoms with Gasteiger partial charge in [-0.1, -0.05) is 19.1 Å². The molecule has 0 aliphatic carbocycles. The summed E-state index contributed by atoms with van der Waals surface area (Å²) in [5.41, 5.74) is 1.07. The van der Waals surface area contributed by atoms with E-state index in [9.17, 15) is 4.79 Å². The maximum absolute atomic E-state index is 12.3. The molecule has 5 nitrogen and oxygen atoms in total. The molecule has 25 heavy (non-hydrogen) atoms. The number of thioether (sulfide) groups is 1. The first-order valence-corrected chi connectivity index (χ1v) is 10.2. The van der Waals surface area contributed by atoms with Crippen LogP contribution in [0.15, 0.2) is 29.2 Å². The minimum Gasteiger partial charge on any atom is -0.379 e. The topological polar surface area (TPSA) is 53.6 Å². The van der Waals surface area contributed by atoms with Gasteiger partial charge in [-0.15, -0.1) is 11.8 Å². The zero-order valence-corrected chi connectivity index (χ0v) is 16.6. The van der Waals surface area contributed by atoms with Crippen molar-refractivity contribution in [2.45, 2.75) is 43.7 Å². The largest absolute Gasteiger partial charge is 0.379 e. The molecule has 6 heteroatoms. The first-order chi connectivity index (χ1) is 12.0. The fraction of sp³-hybridized carbons (Fsp3) is 0.632. The van der Waals surface area contributed by atoms with Crippen molar-refractivity contribution in [1.29, 1.82) is 0 Å². The number of morpholine rings is 1. The summed E-state index contributed by atoms with van der Waals surface area (Å²) in [5.74, 6) is 0. The lowest BCUT2D eigenvalue weighted by Gasteiger charge is -2.43. The Labute approximate surface area is 155 Å². The van der Waals surface area contributed by atoms with Gasteiger partial charge in [0.15, 0.2) is 0 Å². The maximum atomic E-state index is 12.3. The molecule has 2 amide bonds. The Kier molecular flexibility index (Phi) is 7.59. The molecule has 1 saturated heterocycles. The third-order valence-electron chi connectivity index (χ3n) is 5.13. The summed E-state index contributed by atoms with van der Waals surface area (Å²) in [4.78, 5) is 16.0. The van der Waals surface area contributed by atoms with Gasteiger partial charge in [0.1, 0.15) is 0 Å². The van der Waals surface area contributed by atoms with Gasteiger partial charge in [-0.25, -0.2) is 4.79 Å². The second kappa shape index (κ2) is 9.46. The van der Waals surface area contributed by atoms with Crippen molar-refractivity contribution in [3.63, 3.8) is 0 Å². The highest BCUT2D eigenvalue weighted by atomic mass is 32.2. The van der Waals surface area contributed by atoms with Crippen LogP contribution in [-0.2, 0) is 4.74 Å². The van der Waals surface area contributed by atoms with E-state index in [2.05, 4.69) is 59.9 Å². The highest BCUT2D eigenvalue weighted by Gasteiger charge is 2.31. The molecule has 1 aromatic rings. The minimum absolute atomic E-state index is 0.0211. The number of amides is 2. The standard InChI is InChI=1S/C19H31N3O2S/c1-5-19(3,22-10-12-24-13-11-22)14-20-18(23)21-15(2)16-6-8-17(25-4)9-7-16/h6-9,15H,5,10-14H2,1-4H3,(H2,20,21,23). The second-order valence-corrected chi connectivity index (χ2v) is 7.65. The lowest BCUT2D eigenvalue weighted by molar-refractivity contribution is -0.0165. The van der Waals surface area contributed by atoms with Gasteiger partial charge in [0.05, 0.1) is 19.3 Å². The zero-order chi connectivity index (χ0) is 18.3. The smallest absolute Gasteiger partial charge is 0.315 e. The number of nitrogens with one attached hydrogen (secondary N) is 2. The van der Waals surface area contributed by atoms with Crippen molar-refractivity contribution in [2.24, 2.45) is 0 Å². The minimum atomic E-state index is -0.116. The summed E-state index contributed by atoms with van der Waals surface area (Å²) in [6, 6.07) is 8.17. The summed E-state index contributed by atoms with van der Waals surface area (Å²) in [6.07, 6.45) is 3.04. The predicted molar refractivity (Wildman–Crippen MR) is 104 cm³/mol. The average molecular weight is 366 g/mol. The first-order valence-electron chi connectivity index (χ1n) is 8.99. The Morgan fingerprint density at radius 2 is 1.96 bits per heavy atom. The molecule has 2 atom stereocenters. The van der Waals surface area contributed by atoms with Crippen LogP contribution in [0.3, 0.4) is 0 Å². The molecule has 2 N–H and O–H groups in total. The van der Waals surface area contributed by atoms with Crippen LogP contribution in [0.2, 0.25) is 0 Å². The van der Waals surface area contributed by atoms with E-state index < -0.39 is 0 Å². The first kappa shape index (κ1) is 20.1. The number of hydrogen-bond acceptors (Lipinski definition) is 4.